The third-order valence-corrected chi connectivity index (χ3v) is 6.96. The second-order valence-electron chi connectivity index (χ2n) is 9.04. The summed E-state index contributed by atoms with van der Waals surface area (Å²) in [7, 11) is 0. The molecule has 3 heterocycles. The molecule has 0 radical (unpaired) electrons. The smallest absolute Gasteiger partial charge is 0.306 e. The first-order valence-corrected chi connectivity index (χ1v) is 12.6. The number of H-pyrrole nitrogens is 1. The molecule has 10 heteroatoms. The molecule has 0 saturated heterocycles. The molecule has 0 bridgehead atoms. The van der Waals surface area contributed by atoms with E-state index in [1.54, 1.807) is 12.3 Å². The van der Waals surface area contributed by atoms with Crippen LogP contribution in [0.2, 0.25) is 0 Å². The predicted octanol–water partition coefficient (Wildman–Crippen LogP) is 5.15. The molecule has 1 aliphatic rings. The molecule has 0 spiro atoms. The Labute approximate surface area is 225 Å². The molecule has 0 fully saturated rings. The maximum atomic E-state index is 14.7. The van der Waals surface area contributed by atoms with Gasteiger partial charge in [0.25, 0.3) is 11.5 Å². The molecule has 1 aliphatic heterocycles. The highest BCUT2D eigenvalue weighted by Gasteiger charge is 2.38. The van der Waals surface area contributed by atoms with Gasteiger partial charge in [0.2, 0.25) is 0 Å². The van der Waals surface area contributed by atoms with E-state index in [1.807, 2.05) is 61.5 Å². The summed E-state index contributed by atoms with van der Waals surface area (Å²) < 4.78 is 15.6. The molecule has 0 saturated carbocycles. The van der Waals surface area contributed by atoms with Crippen LogP contribution in [0.1, 0.15) is 35.6 Å². The van der Waals surface area contributed by atoms with Crippen molar-refractivity contribution < 1.29 is 19.1 Å². The number of aliphatic carboxylic acids is 1. The van der Waals surface area contributed by atoms with Gasteiger partial charge in [0, 0.05) is 28.0 Å². The van der Waals surface area contributed by atoms with Gasteiger partial charge in [-0.1, -0.05) is 57.9 Å². The fourth-order valence-corrected chi connectivity index (χ4v) is 4.88. The molecule has 0 aliphatic carbocycles. The number of carbonyl (C=O) groups excluding carboxylic acids is 1. The van der Waals surface area contributed by atoms with Crippen molar-refractivity contribution in [1.82, 2.24) is 15.0 Å². The van der Waals surface area contributed by atoms with Gasteiger partial charge in [0.1, 0.15) is 5.65 Å². The zero-order valence-electron chi connectivity index (χ0n) is 20.2. The maximum absolute atomic E-state index is 14.7. The lowest BCUT2D eigenvalue weighted by Gasteiger charge is -2.23. The van der Waals surface area contributed by atoms with Crippen LogP contribution < -0.4 is 5.56 Å². The third kappa shape index (κ3) is 4.87. The summed E-state index contributed by atoms with van der Waals surface area (Å²) in [6.45, 7) is 1.92. The predicted molar refractivity (Wildman–Crippen MR) is 145 cm³/mol. The molecular formula is C28H22BrFN4O4. The first-order chi connectivity index (χ1) is 18.2. The van der Waals surface area contributed by atoms with E-state index in [0.29, 0.717) is 22.2 Å². The maximum Gasteiger partial charge on any atom is 0.306 e. The minimum Gasteiger partial charge on any atom is -0.481 e. The molecule has 5 rings (SSSR count). The molecule has 4 aromatic rings. The highest BCUT2D eigenvalue weighted by Crippen LogP contribution is 2.37. The van der Waals surface area contributed by atoms with E-state index >= 15 is 0 Å². The van der Waals surface area contributed by atoms with Gasteiger partial charge >= 0.3 is 5.97 Å². The van der Waals surface area contributed by atoms with Gasteiger partial charge in [0.05, 0.1) is 23.7 Å². The van der Waals surface area contributed by atoms with E-state index in [1.165, 1.54) is 0 Å². The van der Waals surface area contributed by atoms with Gasteiger partial charge in [-0.05, 0) is 42.3 Å². The summed E-state index contributed by atoms with van der Waals surface area (Å²) in [6.07, 6.45) is -1.55. The van der Waals surface area contributed by atoms with Gasteiger partial charge in [0.15, 0.2) is 6.17 Å². The number of halogens is 2. The Balaban J connectivity index is 1.70. The van der Waals surface area contributed by atoms with Crippen LogP contribution in [0.3, 0.4) is 0 Å². The molecule has 2 N–H and O–H groups in total. The summed E-state index contributed by atoms with van der Waals surface area (Å²) in [6, 6.07) is 17.6. The molecule has 38 heavy (non-hydrogen) atoms. The number of fused-ring (bicyclic) bond motifs is 1. The van der Waals surface area contributed by atoms with Gasteiger partial charge in [-0.2, -0.15) is 5.10 Å². The quantitative estimate of drug-likeness (QED) is 0.329. The van der Waals surface area contributed by atoms with E-state index in [4.69, 9.17) is 5.11 Å². The van der Waals surface area contributed by atoms with E-state index in [2.05, 4.69) is 31.0 Å². The number of benzene rings is 2. The number of hydrogen-bond acceptors (Lipinski definition) is 5. The van der Waals surface area contributed by atoms with Crippen LogP contribution in [-0.4, -0.2) is 43.8 Å². The number of amides is 1. The molecule has 2 aromatic heterocycles. The van der Waals surface area contributed by atoms with Crippen molar-refractivity contribution in [3.05, 3.63) is 98.4 Å². The van der Waals surface area contributed by atoms with Gasteiger partial charge in [-0.15, -0.1) is 0 Å². The number of aromatic nitrogens is 2. The lowest BCUT2D eigenvalue weighted by Crippen LogP contribution is -2.35. The van der Waals surface area contributed by atoms with Crippen molar-refractivity contribution in [2.75, 3.05) is 0 Å². The normalized spacial score (nSPS) is 15.9. The lowest BCUT2D eigenvalue weighted by atomic mass is 9.91. The van der Waals surface area contributed by atoms with Gasteiger partial charge < -0.3 is 10.1 Å². The second kappa shape index (κ2) is 10.3. The number of hydrogen-bond donors (Lipinski definition) is 2. The van der Waals surface area contributed by atoms with Crippen LogP contribution in [0.5, 0.6) is 0 Å². The average molecular weight is 577 g/mol. The van der Waals surface area contributed by atoms with E-state index in [-0.39, 0.29) is 17.7 Å². The molecule has 2 atom stereocenters. The minimum absolute atomic E-state index is 0.132. The van der Waals surface area contributed by atoms with E-state index in [9.17, 15) is 18.8 Å². The van der Waals surface area contributed by atoms with Crippen LogP contribution >= 0.6 is 15.9 Å². The summed E-state index contributed by atoms with van der Waals surface area (Å²) in [5.41, 5.74) is 3.48. The SMILES string of the molecule is Cc1ccc([C@H]2CC(c3c(-c4ccc(Br)cc4)c4cccnc4[nH]c3=O)=NN2C(=O)C(F)CC(=O)O)cc1. The number of aromatic amines is 1. The van der Waals surface area contributed by atoms with Crippen LogP contribution in [0.4, 0.5) is 4.39 Å². The molecule has 2 aromatic carbocycles. The van der Waals surface area contributed by atoms with Crippen molar-refractivity contribution >= 4 is 44.6 Å². The van der Waals surface area contributed by atoms with Crippen LogP contribution in [0, 0.1) is 6.92 Å². The molecule has 8 nitrogen and oxygen atoms in total. The Morgan fingerprint density at radius 3 is 2.53 bits per heavy atom. The van der Waals surface area contributed by atoms with Gasteiger partial charge in [-0.3, -0.25) is 14.4 Å². The number of nitrogens with one attached hydrogen (secondary N) is 1. The fourth-order valence-electron chi connectivity index (χ4n) is 4.61. The Hall–Kier alpha value is -4.18. The van der Waals surface area contributed by atoms with Gasteiger partial charge in [-0.25, -0.2) is 14.4 Å². The molecule has 1 unspecified atom stereocenters. The molecule has 1 amide bonds. The van der Waals surface area contributed by atoms with Crippen LogP contribution in [-0.2, 0) is 9.59 Å². The Kier molecular flexibility index (Phi) is 6.90. The highest BCUT2D eigenvalue weighted by atomic mass is 79.9. The Morgan fingerprint density at radius 1 is 1.13 bits per heavy atom. The minimum atomic E-state index is -2.28. The average Bonchev–Trinajstić information content (AvgIpc) is 3.33. The summed E-state index contributed by atoms with van der Waals surface area (Å²) in [5, 5.41) is 15.1. The molecular weight excluding hydrogens is 555 g/mol. The molecule has 192 valence electrons. The fraction of sp³-hybridized carbons (Fsp3) is 0.179. The summed E-state index contributed by atoms with van der Waals surface area (Å²) in [4.78, 5) is 44.8. The number of nitrogens with zero attached hydrogens (tertiary/aromatic N) is 3. The Bertz CT molecular complexity index is 1630. The van der Waals surface area contributed by atoms with Crippen LogP contribution in [0.15, 0.2) is 81.2 Å². The highest BCUT2D eigenvalue weighted by molar-refractivity contribution is 9.10. The number of carboxylic acids is 1. The largest absolute Gasteiger partial charge is 0.481 e. The number of carbonyl (C=O) groups is 2. The number of rotatable bonds is 6. The van der Waals surface area contributed by atoms with Crippen molar-refractivity contribution in [3.63, 3.8) is 0 Å². The Morgan fingerprint density at radius 2 is 1.84 bits per heavy atom. The zero-order valence-corrected chi connectivity index (χ0v) is 21.8. The van der Waals surface area contributed by atoms with Crippen molar-refractivity contribution in [3.8, 4) is 11.1 Å². The van der Waals surface area contributed by atoms with Crippen molar-refractivity contribution in [2.24, 2.45) is 5.10 Å². The van der Waals surface area contributed by atoms with E-state index in [0.717, 1.165) is 20.6 Å². The topological polar surface area (TPSA) is 116 Å². The van der Waals surface area contributed by atoms with Crippen molar-refractivity contribution in [1.29, 1.82) is 0 Å². The second-order valence-corrected chi connectivity index (χ2v) is 9.95. The standard InChI is InChI=1S/C28H22BrFN4O4/c1-15-4-6-16(7-5-15)22-14-21(33-34(22)28(38)20(30)13-23(35)36)25-24(17-8-10-18(29)11-9-17)19-3-2-12-31-26(19)32-27(25)37/h2-12,20,22H,13-14H2,1H3,(H,35,36)(H,31,32,37)/t20?,22-/m1/s1. The summed E-state index contributed by atoms with van der Waals surface area (Å²) in [5.74, 6) is -2.51. The van der Waals surface area contributed by atoms with Crippen molar-refractivity contribution in [2.45, 2.75) is 32.0 Å². The van der Waals surface area contributed by atoms with Crippen LogP contribution in [0.25, 0.3) is 22.2 Å². The first-order valence-electron chi connectivity index (χ1n) is 11.8. The zero-order chi connectivity index (χ0) is 27.0. The number of carboxylic acid groups (broad SMARTS) is 1. The summed E-state index contributed by atoms with van der Waals surface area (Å²) >= 11 is 3.43. The number of pyridine rings is 2. The third-order valence-electron chi connectivity index (χ3n) is 6.43. The monoisotopic (exact) mass is 576 g/mol. The number of alkyl halides is 1. The van der Waals surface area contributed by atoms with E-state index < -0.39 is 36.1 Å². The first kappa shape index (κ1) is 25.5. The number of hydrazone groups is 1. The number of aryl methyl sites for hydroxylation is 1. The lowest BCUT2D eigenvalue weighted by molar-refractivity contribution is -0.146.